The number of carbonyl (C=O) groups is 1. The van der Waals surface area contributed by atoms with Crippen LogP contribution >= 0.6 is 0 Å². The minimum Gasteiger partial charge on any atom is -0.284 e. The van der Waals surface area contributed by atoms with Crippen LogP contribution in [0.4, 0.5) is 0 Å². The molecule has 3 nitrogen and oxygen atoms in total. The first-order chi connectivity index (χ1) is 5.04. The third-order valence-electron chi connectivity index (χ3n) is 1.57. The van der Waals surface area contributed by atoms with E-state index in [9.17, 15) is 4.79 Å². The van der Waals surface area contributed by atoms with E-state index in [1.54, 1.807) is 7.05 Å². The van der Waals surface area contributed by atoms with Crippen molar-refractivity contribution >= 4 is 5.91 Å². The van der Waals surface area contributed by atoms with E-state index in [2.05, 4.69) is 13.8 Å². The summed E-state index contributed by atoms with van der Waals surface area (Å²) in [6.07, 6.45) is 2.61. The van der Waals surface area contributed by atoms with Crippen LogP contribution in [0.15, 0.2) is 0 Å². The molecule has 0 saturated heterocycles. The molecule has 0 bridgehead atoms. The van der Waals surface area contributed by atoms with Gasteiger partial charge in [0, 0.05) is 13.5 Å². The summed E-state index contributed by atoms with van der Waals surface area (Å²) in [5, 5.41) is 1.15. The van der Waals surface area contributed by atoms with Gasteiger partial charge in [-0.15, -0.1) is 0 Å². The largest absolute Gasteiger partial charge is 0.284 e. The van der Waals surface area contributed by atoms with E-state index in [0.29, 0.717) is 12.3 Å². The molecule has 0 rings (SSSR count). The van der Waals surface area contributed by atoms with E-state index in [1.807, 2.05) is 0 Å². The highest BCUT2D eigenvalue weighted by molar-refractivity contribution is 5.75. The summed E-state index contributed by atoms with van der Waals surface area (Å²) >= 11 is 0. The fraction of sp³-hybridized carbons (Fsp3) is 0.875. The van der Waals surface area contributed by atoms with Gasteiger partial charge in [0.25, 0.3) is 0 Å². The smallest absolute Gasteiger partial charge is 0.236 e. The molecule has 0 fully saturated rings. The summed E-state index contributed by atoms with van der Waals surface area (Å²) in [6.45, 7) is 4.30. The third-order valence-corrected chi connectivity index (χ3v) is 1.57. The van der Waals surface area contributed by atoms with Gasteiger partial charge >= 0.3 is 0 Å². The molecule has 3 heteroatoms. The Bertz CT molecular complexity index is 121. The molecule has 2 N–H and O–H groups in total. The van der Waals surface area contributed by atoms with E-state index in [-0.39, 0.29) is 5.91 Å². The first-order valence-corrected chi connectivity index (χ1v) is 4.05. The van der Waals surface area contributed by atoms with E-state index in [0.717, 1.165) is 17.9 Å². The SMILES string of the molecule is CC(C)CCCC(=O)N(C)N. The summed E-state index contributed by atoms with van der Waals surface area (Å²) in [4.78, 5) is 10.9. The highest BCUT2D eigenvalue weighted by Gasteiger charge is 2.03. The molecule has 0 saturated carbocycles. The molecule has 0 aromatic rings. The maximum Gasteiger partial charge on any atom is 0.236 e. The Balaban J connectivity index is 3.32. The Morgan fingerprint density at radius 3 is 2.45 bits per heavy atom. The van der Waals surface area contributed by atoms with Crippen LogP contribution in [-0.4, -0.2) is 18.0 Å². The van der Waals surface area contributed by atoms with Crippen LogP contribution in [0, 0.1) is 5.92 Å². The second kappa shape index (κ2) is 5.13. The monoisotopic (exact) mass is 158 g/mol. The molecule has 11 heavy (non-hydrogen) atoms. The molecule has 66 valence electrons. The van der Waals surface area contributed by atoms with Gasteiger partial charge in [-0.3, -0.25) is 9.80 Å². The molecule has 0 aliphatic rings. The van der Waals surface area contributed by atoms with Crippen molar-refractivity contribution in [1.29, 1.82) is 0 Å². The second-order valence-electron chi connectivity index (χ2n) is 3.29. The van der Waals surface area contributed by atoms with Crippen LogP contribution < -0.4 is 5.84 Å². The van der Waals surface area contributed by atoms with E-state index in [4.69, 9.17) is 5.84 Å². The zero-order valence-electron chi connectivity index (χ0n) is 7.63. The number of nitrogens with zero attached hydrogens (tertiary/aromatic N) is 1. The van der Waals surface area contributed by atoms with Crippen LogP contribution in [0.2, 0.25) is 0 Å². The van der Waals surface area contributed by atoms with Crippen LogP contribution in [0.5, 0.6) is 0 Å². The van der Waals surface area contributed by atoms with Crippen molar-refractivity contribution in [1.82, 2.24) is 5.01 Å². The lowest BCUT2D eigenvalue weighted by Gasteiger charge is -2.09. The maximum absolute atomic E-state index is 10.9. The number of nitrogens with two attached hydrogens (primary N) is 1. The van der Waals surface area contributed by atoms with Gasteiger partial charge in [-0.25, -0.2) is 5.84 Å². The van der Waals surface area contributed by atoms with Crippen LogP contribution in [0.25, 0.3) is 0 Å². The number of hydrazine groups is 1. The highest BCUT2D eigenvalue weighted by atomic mass is 16.2. The van der Waals surface area contributed by atoms with Gasteiger partial charge in [0.2, 0.25) is 5.91 Å². The third kappa shape index (κ3) is 5.85. The van der Waals surface area contributed by atoms with Crippen molar-refractivity contribution in [3.8, 4) is 0 Å². The fourth-order valence-electron chi connectivity index (χ4n) is 0.838. The summed E-state index contributed by atoms with van der Waals surface area (Å²) < 4.78 is 0. The quantitative estimate of drug-likeness (QED) is 0.379. The zero-order valence-corrected chi connectivity index (χ0v) is 7.63. The first kappa shape index (κ1) is 10.4. The predicted octanol–water partition coefficient (Wildman–Crippen LogP) is 1.14. The summed E-state index contributed by atoms with van der Waals surface area (Å²) in [7, 11) is 1.58. The molecule has 0 aliphatic carbocycles. The lowest BCUT2D eigenvalue weighted by atomic mass is 10.1. The molecule has 0 aromatic heterocycles. The number of rotatable bonds is 4. The summed E-state index contributed by atoms with van der Waals surface area (Å²) in [5.74, 6) is 5.93. The van der Waals surface area contributed by atoms with Crippen LogP contribution in [-0.2, 0) is 4.79 Å². The van der Waals surface area contributed by atoms with Crippen molar-refractivity contribution < 1.29 is 4.79 Å². The van der Waals surface area contributed by atoms with Gasteiger partial charge in [0.05, 0.1) is 0 Å². The maximum atomic E-state index is 10.9. The average Bonchev–Trinajstić information content (AvgIpc) is 1.86. The van der Waals surface area contributed by atoms with Crippen molar-refractivity contribution in [2.45, 2.75) is 33.1 Å². The van der Waals surface area contributed by atoms with Crippen LogP contribution in [0.1, 0.15) is 33.1 Å². The minimum atomic E-state index is 0.0191. The molecule has 0 aliphatic heterocycles. The Hall–Kier alpha value is -0.570. The molecule has 0 radical (unpaired) electrons. The second-order valence-corrected chi connectivity index (χ2v) is 3.29. The number of carbonyl (C=O) groups excluding carboxylic acids is 1. The lowest BCUT2D eigenvalue weighted by molar-refractivity contribution is -0.130. The zero-order chi connectivity index (χ0) is 8.85. The number of hydrogen-bond acceptors (Lipinski definition) is 2. The minimum absolute atomic E-state index is 0.0191. The average molecular weight is 158 g/mol. The van der Waals surface area contributed by atoms with Crippen molar-refractivity contribution in [2.24, 2.45) is 11.8 Å². The molecule has 0 aromatic carbocycles. The number of hydrogen-bond donors (Lipinski definition) is 1. The normalized spacial score (nSPS) is 10.3. The lowest BCUT2D eigenvalue weighted by Crippen LogP contribution is -2.32. The number of amides is 1. The van der Waals surface area contributed by atoms with E-state index < -0.39 is 0 Å². The Kier molecular flexibility index (Phi) is 4.86. The molecule has 0 atom stereocenters. The van der Waals surface area contributed by atoms with Gasteiger partial charge in [0.1, 0.15) is 0 Å². The van der Waals surface area contributed by atoms with Crippen LogP contribution in [0.3, 0.4) is 0 Å². The van der Waals surface area contributed by atoms with Gasteiger partial charge in [-0.05, 0) is 12.3 Å². The topological polar surface area (TPSA) is 46.3 Å². The Morgan fingerprint density at radius 2 is 2.09 bits per heavy atom. The van der Waals surface area contributed by atoms with Gasteiger partial charge < -0.3 is 0 Å². The van der Waals surface area contributed by atoms with Crippen molar-refractivity contribution in [2.75, 3.05) is 7.05 Å². The van der Waals surface area contributed by atoms with E-state index in [1.165, 1.54) is 0 Å². The Labute approximate surface area is 68.5 Å². The molecular weight excluding hydrogens is 140 g/mol. The molecule has 0 unspecified atom stereocenters. The van der Waals surface area contributed by atoms with Gasteiger partial charge in [0.15, 0.2) is 0 Å². The standard InChI is InChI=1S/C8H18N2O/c1-7(2)5-4-6-8(11)10(3)9/h7H,4-6,9H2,1-3H3. The van der Waals surface area contributed by atoms with E-state index >= 15 is 0 Å². The molecule has 0 spiro atoms. The predicted molar refractivity (Wildman–Crippen MR) is 45.6 cm³/mol. The first-order valence-electron chi connectivity index (χ1n) is 4.05. The highest BCUT2D eigenvalue weighted by Crippen LogP contribution is 2.06. The molecular formula is C8H18N2O. The van der Waals surface area contributed by atoms with Crippen molar-refractivity contribution in [3.05, 3.63) is 0 Å². The van der Waals surface area contributed by atoms with Gasteiger partial charge in [-0.2, -0.15) is 0 Å². The molecule has 0 heterocycles. The van der Waals surface area contributed by atoms with Crippen molar-refractivity contribution in [3.63, 3.8) is 0 Å². The summed E-state index contributed by atoms with van der Waals surface area (Å²) in [5.41, 5.74) is 0. The van der Waals surface area contributed by atoms with Gasteiger partial charge in [-0.1, -0.05) is 20.3 Å². The molecule has 1 amide bonds. The fourth-order valence-corrected chi connectivity index (χ4v) is 0.838. The Morgan fingerprint density at radius 1 is 1.55 bits per heavy atom. The summed E-state index contributed by atoms with van der Waals surface area (Å²) in [6, 6.07) is 0.